The van der Waals surface area contributed by atoms with E-state index in [2.05, 4.69) is 27.4 Å². The van der Waals surface area contributed by atoms with E-state index in [1.165, 1.54) is 43.7 Å². The van der Waals surface area contributed by atoms with E-state index in [-0.39, 0.29) is 18.4 Å². The van der Waals surface area contributed by atoms with E-state index in [0.717, 1.165) is 21.8 Å². The van der Waals surface area contributed by atoms with Gasteiger partial charge in [-0.15, -0.1) is 0 Å². The highest BCUT2D eigenvalue weighted by Gasteiger charge is 2.28. The van der Waals surface area contributed by atoms with Gasteiger partial charge in [0.05, 0.1) is 11.1 Å². The molecule has 0 saturated heterocycles. The number of hydrogen-bond donors (Lipinski definition) is 3. The topological polar surface area (TPSA) is 74.5 Å². The third kappa shape index (κ3) is 4.65. The van der Waals surface area contributed by atoms with Crippen LogP contribution in [0.4, 0.5) is 0 Å². The minimum atomic E-state index is -0.250. The number of benzene rings is 2. The van der Waals surface area contributed by atoms with Crippen molar-refractivity contribution in [1.82, 2.24) is 9.88 Å². The minimum Gasteiger partial charge on any atom is -0.507 e. The average Bonchev–Trinajstić information content (AvgIpc) is 3.17. The monoisotopic (exact) mass is 484 g/mol. The van der Waals surface area contributed by atoms with Crippen molar-refractivity contribution in [3.8, 4) is 5.75 Å². The highest BCUT2D eigenvalue weighted by atomic mass is 79.9. The summed E-state index contributed by atoms with van der Waals surface area (Å²) in [6.45, 7) is 0.471. The zero-order chi connectivity index (χ0) is 21.8. The first-order valence-electron chi connectivity index (χ1n) is 11.0. The molecule has 164 valence electrons. The van der Waals surface area contributed by atoms with Crippen molar-refractivity contribution in [3.05, 3.63) is 64.3 Å². The number of phenolic OH excluding ortho intramolecular Hbond substituents is 1. The average molecular weight is 485 g/mol. The van der Waals surface area contributed by atoms with Gasteiger partial charge >= 0.3 is 0 Å². The van der Waals surface area contributed by atoms with Crippen LogP contribution in [-0.4, -0.2) is 27.2 Å². The Labute approximate surface area is 191 Å². The zero-order valence-corrected chi connectivity index (χ0v) is 19.1. The van der Waals surface area contributed by atoms with Crippen LogP contribution >= 0.6 is 15.9 Å². The lowest BCUT2D eigenvalue weighted by molar-refractivity contribution is 0.0948. The number of nitrogens with one attached hydrogen (secondary N) is 1. The molecule has 1 amide bonds. The van der Waals surface area contributed by atoms with Crippen molar-refractivity contribution >= 4 is 32.7 Å². The van der Waals surface area contributed by atoms with Gasteiger partial charge in [-0.25, -0.2) is 0 Å². The van der Waals surface area contributed by atoms with Crippen molar-refractivity contribution in [2.75, 3.05) is 6.54 Å². The molecule has 1 aliphatic carbocycles. The molecule has 3 N–H and O–H groups in total. The van der Waals surface area contributed by atoms with Crippen LogP contribution < -0.4 is 5.32 Å². The van der Waals surface area contributed by atoms with Crippen LogP contribution in [0.3, 0.4) is 0 Å². The molecule has 1 saturated carbocycles. The van der Waals surface area contributed by atoms with E-state index < -0.39 is 0 Å². The Morgan fingerprint density at radius 1 is 1.13 bits per heavy atom. The molecular weight excluding hydrogens is 456 g/mol. The first-order valence-corrected chi connectivity index (χ1v) is 11.8. The summed E-state index contributed by atoms with van der Waals surface area (Å²) in [4.78, 5) is 12.6. The Hall–Kier alpha value is -2.31. The quantitative estimate of drug-likeness (QED) is 0.411. The Kier molecular flexibility index (Phi) is 6.98. The molecule has 4 rings (SSSR count). The van der Waals surface area contributed by atoms with Gasteiger partial charge in [0.25, 0.3) is 5.91 Å². The number of hydrogen-bond acceptors (Lipinski definition) is 3. The number of rotatable bonds is 7. The summed E-state index contributed by atoms with van der Waals surface area (Å²) >= 11 is 3.72. The summed E-state index contributed by atoms with van der Waals surface area (Å²) in [5, 5.41) is 24.0. The molecule has 2 aromatic carbocycles. The second kappa shape index (κ2) is 9.88. The Bertz CT molecular complexity index is 1060. The highest BCUT2D eigenvalue weighted by Crippen LogP contribution is 2.43. The lowest BCUT2D eigenvalue weighted by Gasteiger charge is -2.30. The lowest BCUT2D eigenvalue weighted by atomic mass is 9.75. The maximum absolute atomic E-state index is 12.6. The van der Waals surface area contributed by atoms with Crippen molar-refractivity contribution in [3.63, 3.8) is 0 Å². The Morgan fingerprint density at radius 2 is 1.90 bits per heavy atom. The van der Waals surface area contributed by atoms with E-state index >= 15 is 0 Å². The molecule has 6 heteroatoms. The van der Waals surface area contributed by atoms with Gasteiger partial charge in [-0.05, 0) is 60.9 Å². The van der Waals surface area contributed by atoms with E-state index in [4.69, 9.17) is 0 Å². The van der Waals surface area contributed by atoms with Crippen molar-refractivity contribution < 1.29 is 15.0 Å². The van der Waals surface area contributed by atoms with Gasteiger partial charge in [0.2, 0.25) is 0 Å². The van der Waals surface area contributed by atoms with Crippen molar-refractivity contribution in [2.45, 2.75) is 51.2 Å². The fourth-order valence-electron chi connectivity index (χ4n) is 5.02. The number of para-hydroxylation sites is 1. The van der Waals surface area contributed by atoms with E-state index in [1.807, 2.05) is 22.8 Å². The number of fused-ring (bicyclic) bond motifs is 1. The van der Waals surface area contributed by atoms with Crippen LogP contribution in [-0.2, 0) is 6.73 Å². The van der Waals surface area contributed by atoms with Gasteiger partial charge in [0.1, 0.15) is 12.5 Å². The van der Waals surface area contributed by atoms with Crippen LogP contribution in [0, 0.1) is 5.92 Å². The molecular formula is C25H29BrN2O3. The molecule has 5 nitrogen and oxygen atoms in total. The first kappa shape index (κ1) is 21.9. The summed E-state index contributed by atoms with van der Waals surface area (Å²) in [5.74, 6) is 0.595. The summed E-state index contributed by atoms with van der Waals surface area (Å²) < 4.78 is 2.93. The fourth-order valence-corrected chi connectivity index (χ4v) is 5.61. The van der Waals surface area contributed by atoms with Gasteiger partial charge < -0.3 is 20.1 Å². The molecule has 1 unspecified atom stereocenters. The van der Waals surface area contributed by atoms with Gasteiger partial charge in [-0.1, -0.05) is 53.4 Å². The van der Waals surface area contributed by atoms with Crippen molar-refractivity contribution in [1.29, 1.82) is 0 Å². The van der Waals surface area contributed by atoms with Crippen LogP contribution in [0.2, 0.25) is 0 Å². The SMILES string of the molecule is O=C(NCCC(c1cn(CO)c2cccc(Br)c12)C1CCCCC1)c1ccccc1O. The summed E-state index contributed by atoms with van der Waals surface area (Å²) in [6.07, 6.45) is 9.05. The second-order valence-corrected chi connectivity index (χ2v) is 9.25. The zero-order valence-electron chi connectivity index (χ0n) is 17.6. The largest absolute Gasteiger partial charge is 0.507 e. The summed E-state index contributed by atoms with van der Waals surface area (Å²) in [6, 6.07) is 12.7. The van der Waals surface area contributed by atoms with Crippen LogP contribution in [0.25, 0.3) is 10.9 Å². The number of amides is 1. The van der Waals surface area contributed by atoms with E-state index in [0.29, 0.717) is 23.9 Å². The highest BCUT2D eigenvalue weighted by molar-refractivity contribution is 9.10. The van der Waals surface area contributed by atoms with Gasteiger partial charge in [-0.2, -0.15) is 0 Å². The molecule has 31 heavy (non-hydrogen) atoms. The smallest absolute Gasteiger partial charge is 0.255 e. The number of carbonyl (C=O) groups excluding carboxylic acids is 1. The molecule has 1 aromatic heterocycles. The molecule has 1 fully saturated rings. The lowest BCUT2D eigenvalue weighted by Crippen LogP contribution is -2.27. The fraction of sp³-hybridized carbons (Fsp3) is 0.400. The molecule has 1 heterocycles. The summed E-state index contributed by atoms with van der Waals surface area (Å²) in [7, 11) is 0. The number of aliphatic hydroxyl groups excluding tert-OH is 1. The number of aromatic nitrogens is 1. The molecule has 1 atom stereocenters. The van der Waals surface area contributed by atoms with Gasteiger partial charge in [0.15, 0.2) is 0 Å². The number of nitrogens with zero attached hydrogens (tertiary/aromatic N) is 1. The summed E-state index contributed by atoms with van der Waals surface area (Å²) in [5.41, 5.74) is 2.56. The molecule has 0 aliphatic heterocycles. The Morgan fingerprint density at radius 3 is 2.65 bits per heavy atom. The standard InChI is InChI=1S/C25H29BrN2O3/c26-21-10-6-11-22-24(21)20(15-28(22)16-29)18(17-7-2-1-3-8-17)13-14-27-25(31)19-9-4-5-12-23(19)30/h4-6,9-12,15,17-18,29-30H,1-3,7-8,13-14,16H2,(H,27,31). The second-order valence-electron chi connectivity index (χ2n) is 8.40. The Balaban J connectivity index is 1.59. The van der Waals surface area contributed by atoms with Crippen LogP contribution in [0.1, 0.15) is 60.4 Å². The molecule has 1 aliphatic rings. The third-order valence-corrected chi connectivity index (χ3v) is 7.21. The maximum Gasteiger partial charge on any atom is 0.255 e. The minimum absolute atomic E-state index is 0.00113. The maximum atomic E-state index is 12.6. The number of phenols is 1. The van der Waals surface area contributed by atoms with E-state index in [9.17, 15) is 15.0 Å². The predicted molar refractivity (Wildman–Crippen MR) is 126 cm³/mol. The van der Waals surface area contributed by atoms with Gasteiger partial charge in [-0.3, -0.25) is 4.79 Å². The van der Waals surface area contributed by atoms with Crippen LogP contribution in [0.5, 0.6) is 5.75 Å². The number of carbonyl (C=O) groups is 1. The van der Waals surface area contributed by atoms with E-state index in [1.54, 1.807) is 18.2 Å². The third-order valence-electron chi connectivity index (χ3n) is 6.54. The molecule has 0 bridgehead atoms. The predicted octanol–water partition coefficient (Wildman–Crippen LogP) is 5.54. The van der Waals surface area contributed by atoms with Gasteiger partial charge in [0, 0.05) is 22.6 Å². The molecule has 3 aromatic rings. The normalized spacial score (nSPS) is 15.8. The first-order chi connectivity index (χ1) is 15.1. The van der Waals surface area contributed by atoms with Crippen molar-refractivity contribution in [2.24, 2.45) is 5.92 Å². The number of aromatic hydroxyl groups is 1. The number of halogens is 1. The van der Waals surface area contributed by atoms with Crippen LogP contribution in [0.15, 0.2) is 53.1 Å². The molecule has 0 spiro atoms. The molecule has 0 radical (unpaired) electrons. The number of aliphatic hydroxyl groups is 1.